The quantitative estimate of drug-likeness (QED) is 0.348. The molecule has 12 nitrogen and oxygen atoms in total. The van der Waals surface area contributed by atoms with Crippen LogP contribution < -0.4 is 15.0 Å². The van der Waals surface area contributed by atoms with Crippen molar-refractivity contribution < 1.29 is 9.13 Å². The summed E-state index contributed by atoms with van der Waals surface area (Å²) in [4.78, 5) is 25.6. The van der Waals surface area contributed by atoms with Crippen molar-refractivity contribution in [3.8, 4) is 17.7 Å². The predicted octanol–water partition coefficient (Wildman–Crippen LogP) is 3.44. The van der Waals surface area contributed by atoms with E-state index in [0.29, 0.717) is 65.1 Å². The van der Waals surface area contributed by atoms with E-state index in [9.17, 15) is 5.26 Å². The van der Waals surface area contributed by atoms with Crippen molar-refractivity contribution in [1.29, 1.82) is 5.26 Å². The average molecular weight is 512 g/mol. The number of hydrogen-bond donors (Lipinski definition) is 1. The van der Waals surface area contributed by atoms with Gasteiger partial charge in [0.05, 0.1) is 17.9 Å². The van der Waals surface area contributed by atoms with Crippen LogP contribution in [0.1, 0.15) is 12.5 Å². The first-order chi connectivity index (χ1) is 18.5. The third kappa shape index (κ3) is 4.21. The molecule has 0 unspecified atom stereocenters. The number of benzene rings is 1. The number of pyridine rings is 1. The van der Waals surface area contributed by atoms with Crippen molar-refractivity contribution in [2.75, 3.05) is 29.9 Å². The summed E-state index contributed by atoms with van der Waals surface area (Å²) in [5, 5.41) is 16.4. The van der Waals surface area contributed by atoms with E-state index < -0.39 is 5.82 Å². The summed E-state index contributed by atoms with van der Waals surface area (Å²) in [6.45, 7) is 5.43. The van der Waals surface area contributed by atoms with Crippen LogP contribution in [-0.2, 0) is 0 Å². The molecule has 6 rings (SSSR count). The van der Waals surface area contributed by atoms with Crippen LogP contribution in [0.25, 0.3) is 16.7 Å². The molecule has 0 saturated carbocycles. The molecule has 0 bridgehead atoms. The van der Waals surface area contributed by atoms with Crippen molar-refractivity contribution in [1.82, 2.24) is 39.4 Å². The molecule has 1 aliphatic heterocycles. The van der Waals surface area contributed by atoms with Crippen molar-refractivity contribution in [2.24, 2.45) is 0 Å². The van der Waals surface area contributed by atoms with Crippen LogP contribution in [0, 0.1) is 24.2 Å². The highest BCUT2D eigenvalue weighted by molar-refractivity contribution is 5.87. The first-order valence-electron chi connectivity index (χ1n) is 11.9. The van der Waals surface area contributed by atoms with Gasteiger partial charge >= 0.3 is 0 Å². The Bertz CT molecular complexity index is 1700. The first-order valence-corrected chi connectivity index (χ1v) is 11.9. The fraction of sp³-hybridized carbons (Fsp3) is 0.240. The SMILES string of the molecule is Cc1c(Oc2ccn3ncnc3c2)ccc(Nc2ncnc3cnc(N4CCN(C#N)[C@H](C)C4)nc23)c1F. The minimum absolute atomic E-state index is 0.0359. The van der Waals surface area contributed by atoms with Gasteiger partial charge in [-0.3, -0.25) is 0 Å². The largest absolute Gasteiger partial charge is 0.457 e. The number of anilines is 3. The molecule has 1 fully saturated rings. The molecule has 5 aromatic rings. The lowest BCUT2D eigenvalue weighted by atomic mass is 10.1. The number of ether oxygens (including phenoxy) is 1. The molecular formula is C25H22FN11O. The standard InChI is InChI=1S/C25H22FN11O/c1-15-11-35(7-8-36(15)12-27)25-28-10-19-23(34-25)24(31-13-29-19)33-18-3-4-20(16(2)22(18)26)38-17-5-6-37-21(9-17)30-14-32-37/h3-6,9-10,13-15H,7-8,11H2,1-2H3,(H,29,31,33)/t15-/m1/s1. The van der Waals surface area contributed by atoms with Crippen LogP contribution in [-0.4, -0.2) is 65.1 Å². The monoisotopic (exact) mass is 511 g/mol. The topological polar surface area (TPSA) is 133 Å². The van der Waals surface area contributed by atoms with Crippen molar-refractivity contribution >= 4 is 34.1 Å². The van der Waals surface area contributed by atoms with Gasteiger partial charge in [-0.15, -0.1) is 0 Å². The fourth-order valence-corrected chi connectivity index (χ4v) is 4.37. The molecule has 38 heavy (non-hydrogen) atoms. The van der Waals surface area contributed by atoms with Crippen LogP contribution in [0.4, 0.5) is 21.8 Å². The Labute approximate surface area is 216 Å². The van der Waals surface area contributed by atoms with Crippen LogP contribution in [0.3, 0.4) is 0 Å². The van der Waals surface area contributed by atoms with Gasteiger partial charge in [-0.25, -0.2) is 33.8 Å². The lowest BCUT2D eigenvalue weighted by Gasteiger charge is -2.36. The lowest BCUT2D eigenvalue weighted by Crippen LogP contribution is -2.50. The number of aromatic nitrogens is 7. The van der Waals surface area contributed by atoms with E-state index in [1.165, 1.54) is 12.7 Å². The molecule has 0 radical (unpaired) electrons. The van der Waals surface area contributed by atoms with Gasteiger partial charge in [0.1, 0.15) is 35.2 Å². The summed E-state index contributed by atoms with van der Waals surface area (Å²) in [6, 6.07) is 6.77. The van der Waals surface area contributed by atoms with Gasteiger partial charge in [0, 0.05) is 37.5 Å². The number of rotatable bonds is 5. The summed E-state index contributed by atoms with van der Waals surface area (Å²) in [5.41, 5.74) is 2.16. The first kappa shape index (κ1) is 23.3. The average Bonchev–Trinajstić information content (AvgIpc) is 3.41. The molecule has 4 aromatic heterocycles. The van der Waals surface area contributed by atoms with Crippen molar-refractivity contribution in [3.05, 3.63) is 60.7 Å². The Morgan fingerprint density at radius 1 is 1.13 bits per heavy atom. The van der Waals surface area contributed by atoms with E-state index in [2.05, 4.69) is 36.5 Å². The molecule has 1 aromatic carbocycles. The van der Waals surface area contributed by atoms with Crippen molar-refractivity contribution in [2.45, 2.75) is 19.9 Å². The summed E-state index contributed by atoms with van der Waals surface area (Å²) in [5.74, 6) is 1.27. The smallest absolute Gasteiger partial charge is 0.226 e. The predicted molar refractivity (Wildman–Crippen MR) is 137 cm³/mol. The number of hydrogen-bond acceptors (Lipinski definition) is 11. The summed E-state index contributed by atoms with van der Waals surface area (Å²) in [6.07, 6.45) is 8.38. The molecule has 190 valence electrons. The molecule has 0 aliphatic carbocycles. The Balaban J connectivity index is 1.27. The van der Waals surface area contributed by atoms with Gasteiger partial charge in [-0.2, -0.15) is 10.4 Å². The Kier molecular flexibility index (Phi) is 5.76. The highest BCUT2D eigenvalue weighted by Gasteiger charge is 2.25. The summed E-state index contributed by atoms with van der Waals surface area (Å²) in [7, 11) is 0. The zero-order chi connectivity index (χ0) is 26.2. The molecule has 1 atom stereocenters. The lowest BCUT2D eigenvalue weighted by molar-refractivity contribution is 0.276. The Hall–Kier alpha value is -5.12. The van der Waals surface area contributed by atoms with Crippen LogP contribution in [0.2, 0.25) is 0 Å². The van der Waals surface area contributed by atoms with Gasteiger partial charge in [0.15, 0.2) is 23.5 Å². The molecule has 13 heteroatoms. The van der Waals surface area contributed by atoms with E-state index in [0.717, 1.165) is 0 Å². The van der Waals surface area contributed by atoms with Crippen molar-refractivity contribution in [3.63, 3.8) is 0 Å². The third-order valence-electron chi connectivity index (χ3n) is 6.47. The highest BCUT2D eigenvalue weighted by Crippen LogP contribution is 2.33. The second kappa shape index (κ2) is 9.40. The number of piperazine rings is 1. The maximum atomic E-state index is 15.5. The minimum atomic E-state index is -0.478. The van der Waals surface area contributed by atoms with E-state index >= 15 is 4.39 Å². The fourth-order valence-electron chi connectivity index (χ4n) is 4.37. The highest BCUT2D eigenvalue weighted by atomic mass is 19.1. The number of halogens is 1. The third-order valence-corrected chi connectivity index (χ3v) is 6.47. The van der Waals surface area contributed by atoms with Gasteiger partial charge < -0.3 is 19.9 Å². The molecule has 0 amide bonds. The Morgan fingerprint density at radius 3 is 2.87 bits per heavy atom. The zero-order valence-electron chi connectivity index (χ0n) is 20.6. The molecule has 5 heterocycles. The van der Waals surface area contributed by atoms with E-state index in [4.69, 9.17) is 9.72 Å². The van der Waals surface area contributed by atoms with Gasteiger partial charge in [0.25, 0.3) is 0 Å². The molecule has 1 aliphatic rings. The molecule has 0 spiro atoms. The van der Waals surface area contributed by atoms with Gasteiger partial charge in [-0.1, -0.05) is 0 Å². The van der Waals surface area contributed by atoms with Crippen LogP contribution >= 0.6 is 0 Å². The number of nitrogens with zero attached hydrogens (tertiary/aromatic N) is 10. The van der Waals surface area contributed by atoms with Crippen LogP contribution in [0.5, 0.6) is 11.5 Å². The Morgan fingerprint density at radius 2 is 2.03 bits per heavy atom. The number of nitrogens with one attached hydrogen (secondary N) is 1. The molecule has 1 N–H and O–H groups in total. The maximum Gasteiger partial charge on any atom is 0.226 e. The summed E-state index contributed by atoms with van der Waals surface area (Å²) >= 11 is 0. The van der Waals surface area contributed by atoms with Gasteiger partial charge in [-0.05, 0) is 32.0 Å². The summed E-state index contributed by atoms with van der Waals surface area (Å²) < 4.78 is 23.0. The maximum absolute atomic E-state index is 15.5. The normalized spacial score (nSPS) is 15.6. The van der Waals surface area contributed by atoms with Gasteiger partial charge in [0.2, 0.25) is 5.95 Å². The zero-order valence-corrected chi connectivity index (χ0v) is 20.6. The number of nitriles is 1. The number of fused-ring (bicyclic) bond motifs is 2. The molecular weight excluding hydrogens is 489 g/mol. The second-order valence-electron chi connectivity index (χ2n) is 8.92. The van der Waals surface area contributed by atoms with Crippen LogP contribution in [0.15, 0.2) is 49.3 Å². The molecule has 1 saturated heterocycles. The van der Waals surface area contributed by atoms with E-state index in [-0.39, 0.29) is 11.7 Å². The second-order valence-corrected chi connectivity index (χ2v) is 8.92. The van der Waals surface area contributed by atoms with E-state index in [1.807, 2.05) is 11.8 Å². The minimum Gasteiger partial charge on any atom is -0.457 e. The van der Waals surface area contributed by atoms with E-state index in [1.54, 1.807) is 53.0 Å².